The van der Waals surface area contributed by atoms with Gasteiger partial charge in [-0.15, -0.1) is 0 Å². The SMILES string of the molecule is CC(C)Oc1ccc(S(=O)(=O)Nc2ccccc2N(C)S(C)(=O)=O)cc1. The third-order valence-corrected chi connectivity index (χ3v) is 6.06. The van der Waals surface area contributed by atoms with Crippen molar-refractivity contribution in [2.75, 3.05) is 22.3 Å². The van der Waals surface area contributed by atoms with Crippen molar-refractivity contribution >= 4 is 31.4 Å². The highest BCUT2D eigenvalue weighted by Crippen LogP contribution is 2.29. The van der Waals surface area contributed by atoms with Gasteiger partial charge in [0.1, 0.15) is 5.75 Å². The van der Waals surface area contributed by atoms with Crippen molar-refractivity contribution in [3.8, 4) is 5.75 Å². The Morgan fingerprint density at radius 1 is 0.962 bits per heavy atom. The van der Waals surface area contributed by atoms with E-state index in [1.54, 1.807) is 24.3 Å². The monoisotopic (exact) mass is 398 g/mol. The van der Waals surface area contributed by atoms with E-state index in [0.29, 0.717) is 5.75 Å². The fraction of sp³-hybridized carbons (Fsp3) is 0.294. The molecule has 0 aliphatic carbocycles. The highest BCUT2D eigenvalue weighted by Gasteiger charge is 2.20. The number of ether oxygens (including phenoxy) is 1. The molecule has 1 N–H and O–H groups in total. The van der Waals surface area contributed by atoms with Crippen LogP contribution >= 0.6 is 0 Å². The fourth-order valence-corrected chi connectivity index (χ4v) is 3.78. The summed E-state index contributed by atoms with van der Waals surface area (Å²) in [5.41, 5.74) is 0.404. The van der Waals surface area contributed by atoms with Crippen LogP contribution in [-0.4, -0.2) is 36.2 Å². The zero-order chi connectivity index (χ0) is 19.5. The molecule has 0 heterocycles. The van der Waals surface area contributed by atoms with Gasteiger partial charge in [0.25, 0.3) is 10.0 Å². The Balaban J connectivity index is 2.33. The molecule has 7 nitrogen and oxygen atoms in total. The van der Waals surface area contributed by atoms with Gasteiger partial charge in [0, 0.05) is 7.05 Å². The molecule has 0 fully saturated rings. The number of benzene rings is 2. The van der Waals surface area contributed by atoms with Gasteiger partial charge in [0.2, 0.25) is 10.0 Å². The normalized spacial score (nSPS) is 12.0. The summed E-state index contributed by atoms with van der Waals surface area (Å²) in [5.74, 6) is 0.566. The summed E-state index contributed by atoms with van der Waals surface area (Å²) in [4.78, 5) is 0.0467. The maximum atomic E-state index is 12.6. The standard InChI is InChI=1S/C17H22N2O5S2/c1-13(2)24-14-9-11-15(12-10-14)26(22,23)18-16-7-5-6-8-17(16)19(3)25(4,20)21/h5-13,18H,1-4H3. The number of nitrogens with one attached hydrogen (secondary N) is 1. The van der Waals surface area contributed by atoms with E-state index in [0.717, 1.165) is 10.6 Å². The summed E-state index contributed by atoms with van der Waals surface area (Å²) in [7, 11) is -6.06. The lowest BCUT2D eigenvalue weighted by Gasteiger charge is -2.20. The van der Waals surface area contributed by atoms with Gasteiger partial charge in [-0.25, -0.2) is 16.8 Å². The Labute approximate surface area is 154 Å². The molecule has 0 radical (unpaired) electrons. The maximum Gasteiger partial charge on any atom is 0.261 e. The molecular weight excluding hydrogens is 376 g/mol. The molecule has 2 rings (SSSR count). The molecule has 0 saturated heterocycles. The van der Waals surface area contributed by atoms with Gasteiger partial charge in [-0.05, 0) is 50.2 Å². The molecule has 0 aromatic heterocycles. The molecule has 0 aliphatic rings. The van der Waals surface area contributed by atoms with E-state index in [9.17, 15) is 16.8 Å². The van der Waals surface area contributed by atoms with E-state index in [1.165, 1.54) is 31.3 Å². The number of para-hydroxylation sites is 2. The summed E-state index contributed by atoms with van der Waals surface area (Å²) < 4.78 is 57.8. The van der Waals surface area contributed by atoms with Crippen LogP contribution in [0.25, 0.3) is 0 Å². The molecular formula is C17H22N2O5S2. The molecule has 0 atom stereocenters. The van der Waals surface area contributed by atoms with Gasteiger partial charge in [0.05, 0.1) is 28.6 Å². The molecule has 0 spiro atoms. The first-order chi connectivity index (χ1) is 12.0. The molecule has 0 bridgehead atoms. The second-order valence-electron chi connectivity index (χ2n) is 5.99. The van der Waals surface area contributed by atoms with Crippen LogP contribution in [0.2, 0.25) is 0 Å². The quantitative estimate of drug-likeness (QED) is 0.774. The van der Waals surface area contributed by atoms with E-state index in [-0.39, 0.29) is 22.4 Å². The first-order valence-corrected chi connectivity index (χ1v) is 11.2. The Kier molecular flexibility index (Phi) is 5.82. The third-order valence-electron chi connectivity index (χ3n) is 3.49. The van der Waals surface area contributed by atoms with Gasteiger partial charge in [0.15, 0.2) is 0 Å². The average Bonchev–Trinajstić information content (AvgIpc) is 2.53. The lowest BCUT2D eigenvalue weighted by Crippen LogP contribution is -2.26. The minimum atomic E-state index is -3.89. The van der Waals surface area contributed by atoms with Crippen LogP contribution in [0.4, 0.5) is 11.4 Å². The average molecular weight is 399 g/mol. The molecule has 26 heavy (non-hydrogen) atoms. The topological polar surface area (TPSA) is 92.8 Å². The van der Waals surface area contributed by atoms with Crippen LogP contribution < -0.4 is 13.8 Å². The number of anilines is 2. The van der Waals surface area contributed by atoms with Gasteiger partial charge in [-0.3, -0.25) is 9.03 Å². The number of hydrogen-bond donors (Lipinski definition) is 1. The molecule has 0 aliphatic heterocycles. The van der Waals surface area contributed by atoms with Crippen molar-refractivity contribution in [2.24, 2.45) is 0 Å². The zero-order valence-corrected chi connectivity index (χ0v) is 16.6. The van der Waals surface area contributed by atoms with Crippen LogP contribution in [-0.2, 0) is 20.0 Å². The van der Waals surface area contributed by atoms with Gasteiger partial charge in [-0.1, -0.05) is 12.1 Å². The molecule has 2 aromatic rings. The lowest BCUT2D eigenvalue weighted by atomic mass is 10.3. The molecule has 9 heteroatoms. The van der Waals surface area contributed by atoms with Crippen LogP contribution in [0.5, 0.6) is 5.75 Å². The second-order valence-corrected chi connectivity index (χ2v) is 9.69. The highest BCUT2D eigenvalue weighted by atomic mass is 32.2. The predicted octanol–water partition coefficient (Wildman–Crippen LogP) is 2.67. The van der Waals surface area contributed by atoms with E-state index in [4.69, 9.17) is 4.74 Å². The summed E-state index contributed by atoms with van der Waals surface area (Å²) in [5, 5.41) is 0. The van der Waals surface area contributed by atoms with Crippen LogP contribution in [0.3, 0.4) is 0 Å². The van der Waals surface area contributed by atoms with Gasteiger partial charge < -0.3 is 4.74 Å². The number of sulfonamides is 2. The van der Waals surface area contributed by atoms with E-state index in [2.05, 4.69) is 4.72 Å². The van der Waals surface area contributed by atoms with Crippen molar-refractivity contribution < 1.29 is 21.6 Å². The summed E-state index contributed by atoms with van der Waals surface area (Å²) >= 11 is 0. The maximum absolute atomic E-state index is 12.6. The van der Waals surface area contributed by atoms with Crippen molar-refractivity contribution in [1.29, 1.82) is 0 Å². The summed E-state index contributed by atoms with van der Waals surface area (Å²) in [6.07, 6.45) is 1.03. The Morgan fingerprint density at radius 3 is 2.08 bits per heavy atom. The number of nitrogens with zero attached hydrogens (tertiary/aromatic N) is 1. The first-order valence-electron chi connectivity index (χ1n) is 7.83. The fourth-order valence-electron chi connectivity index (χ4n) is 2.19. The van der Waals surface area contributed by atoms with E-state index >= 15 is 0 Å². The molecule has 0 saturated carbocycles. The minimum Gasteiger partial charge on any atom is -0.491 e. The van der Waals surface area contributed by atoms with Crippen LogP contribution in [0.15, 0.2) is 53.4 Å². The predicted molar refractivity (Wildman–Crippen MR) is 103 cm³/mol. The third kappa shape index (κ3) is 4.89. The first kappa shape index (κ1) is 20.1. The minimum absolute atomic E-state index is 0.0195. The largest absolute Gasteiger partial charge is 0.491 e. The van der Waals surface area contributed by atoms with E-state index in [1.807, 2.05) is 13.8 Å². The van der Waals surface area contributed by atoms with Gasteiger partial charge >= 0.3 is 0 Å². The molecule has 2 aromatic carbocycles. The summed E-state index contributed by atoms with van der Waals surface area (Å²) in [6.45, 7) is 3.75. The Morgan fingerprint density at radius 2 is 1.54 bits per heavy atom. The number of hydrogen-bond acceptors (Lipinski definition) is 5. The van der Waals surface area contributed by atoms with E-state index < -0.39 is 20.0 Å². The Bertz CT molecular complexity index is 968. The highest BCUT2D eigenvalue weighted by molar-refractivity contribution is 7.93. The van der Waals surface area contributed by atoms with Crippen molar-refractivity contribution in [3.05, 3.63) is 48.5 Å². The smallest absolute Gasteiger partial charge is 0.261 e. The number of rotatable bonds is 7. The second kappa shape index (κ2) is 7.55. The van der Waals surface area contributed by atoms with Gasteiger partial charge in [-0.2, -0.15) is 0 Å². The summed E-state index contributed by atoms with van der Waals surface area (Å²) in [6, 6.07) is 12.3. The van der Waals surface area contributed by atoms with Crippen molar-refractivity contribution in [3.63, 3.8) is 0 Å². The molecule has 0 amide bonds. The van der Waals surface area contributed by atoms with Crippen molar-refractivity contribution in [1.82, 2.24) is 0 Å². The van der Waals surface area contributed by atoms with Crippen molar-refractivity contribution in [2.45, 2.75) is 24.8 Å². The zero-order valence-electron chi connectivity index (χ0n) is 15.0. The van der Waals surface area contributed by atoms with Crippen LogP contribution in [0, 0.1) is 0 Å². The molecule has 0 unspecified atom stereocenters. The van der Waals surface area contributed by atoms with Crippen LogP contribution in [0.1, 0.15) is 13.8 Å². The lowest BCUT2D eigenvalue weighted by molar-refractivity contribution is 0.242. The molecule has 142 valence electrons. The Hall–Kier alpha value is -2.26.